The number of nitrogens with one attached hydrogen (secondary N) is 2. The van der Waals surface area contributed by atoms with E-state index in [4.69, 9.17) is 5.14 Å². The van der Waals surface area contributed by atoms with E-state index in [-0.39, 0.29) is 24.9 Å². The van der Waals surface area contributed by atoms with Crippen molar-refractivity contribution in [3.63, 3.8) is 0 Å². The molecule has 0 radical (unpaired) electrons. The monoisotopic (exact) mass is 273 g/mol. The van der Waals surface area contributed by atoms with Crippen LogP contribution in [0.3, 0.4) is 0 Å². The summed E-state index contributed by atoms with van der Waals surface area (Å²) in [6.45, 7) is 3.80. The van der Waals surface area contributed by atoms with Crippen LogP contribution in [0.1, 0.15) is 25.1 Å². The fourth-order valence-corrected chi connectivity index (χ4v) is 2.27. The molecular formula is C9H15N5O3S. The van der Waals surface area contributed by atoms with Gasteiger partial charge in [0.15, 0.2) is 5.82 Å². The molecule has 8 nitrogen and oxygen atoms in total. The van der Waals surface area contributed by atoms with Gasteiger partial charge in [0.05, 0.1) is 12.2 Å². The summed E-state index contributed by atoms with van der Waals surface area (Å²) in [5, 5.41) is 14.4. The number of anilines is 1. The summed E-state index contributed by atoms with van der Waals surface area (Å²) < 4.78 is 23.6. The lowest BCUT2D eigenvalue weighted by molar-refractivity contribution is -0.118. The van der Waals surface area contributed by atoms with Gasteiger partial charge >= 0.3 is 0 Å². The molecule has 0 unspecified atom stereocenters. The number of aromatic nitrogens is 2. The van der Waals surface area contributed by atoms with E-state index in [9.17, 15) is 13.2 Å². The molecule has 0 aliphatic carbocycles. The van der Waals surface area contributed by atoms with Crippen LogP contribution in [0.5, 0.6) is 0 Å². The van der Waals surface area contributed by atoms with Crippen LogP contribution in [0, 0.1) is 5.92 Å². The fraction of sp³-hybridized carbons (Fsp3) is 0.556. The second kappa shape index (κ2) is 4.34. The van der Waals surface area contributed by atoms with Gasteiger partial charge in [-0.15, -0.1) is 0 Å². The number of aromatic amines is 1. The zero-order valence-corrected chi connectivity index (χ0v) is 10.9. The summed E-state index contributed by atoms with van der Waals surface area (Å²) in [7, 11) is -3.73. The zero-order chi connectivity index (χ0) is 13.5. The van der Waals surface area contributed by atoms with Gasteiger partial charge < -0.3 is 5.32 Å². The number of hydrogen-bond acceptors (Lipinski definition) is 4. The van der Waals surface area contributed by atoms with Crippen LogP contribution in [0.25, 0.3) is 0 Å². The maximum Gasteiger partial charge on any atom is 0.277 e. The molecule has 2 heterocycles. The standard InChI is InChI=1S/C9H15N5O3S/c1-5(2)9(15)11-8-6-3-14(18(10,16)17)4-7(6)12-13-8/h5H,3-4H2,1-2H3,(H2,10,16,17)(H2,11,12,13,15). The summed E-state index contributed by atoms with van der Waals surface area (Å²) in [4.78, 5) is 11.6. The number of nitrogens with zero attached hydrogens (tertiary/aromatic N) is 2. The molecule has 4 N–H and O–H groups in total. The SMILES string of the molecule is CC(C)C(=O)Nc1n[nH]c2c1CN(S(N)(=O)=O)C2. The number of carbonyl (C=O) groups excluding carboxylic acids is 1. The molecule has 1 aromatic rings. The molecule has 0 atom stereocenters. The predicted octanol–water partition coefficient (Wildman–Crippen LogP) is -0.477. The van der Waals surface area contributed by atoms with E-state index in [1.807, 2.05) is 0 Å². The second-order valence-corrected chi connectivity index (χ2v) is 6.03. The molecule has 1 aromatic heterocycles. The van der Waals surface area contributed by atoms with Crippen molar-refractivity contribution in [2.45, 2.75) is 26.9 Å². The molecule has 9 heteroatoms. The maximum absolute atomic E-state index is 11.6. The topological polar surface area (TPSA) is 121 Å². The van der Waals surface area contributed by atoms with Crippen LogP contribution in [-0.2, 0) is 28.1 Å². The molecule has 100 valence electrons. The Kier molecular flexibility index (Phi) is 3.13. The number of rotatable bonds is 3. The van der Waals surface area contributed by atoms with Crippen molar-refractivity contribution in [2.24, 2.45) is 11.1 Å². The lowest BCUT2D eigenvalue weighted by Crippen LogP contribution is -2.32. The highest BCUT2D eigenvalue weighted by Crippen LogP contribution is 2.28. The van der Waals surface area contributed by atoms with Crippen molar-refractivity contribution in [1.29, 1.82) is 0 Å². The quantitative estimate of drug-likeness (QED) is 0.688. The average molecular weight is 273 g/mol. The van der Waals surface area contributed by atoms with Gasteiger partial charge in [0.25, 0.3) is 10.2 Å². The summed E-state index contributed by atoms with van der Waals surface area (Å²) in [5.74, 6) is 0.0290. The van der Waals surface area contributed by atoms with E-state index in [1.165, 1.54) is 0 Å². The Hall–Kier alpha value is -1.45. The first-order valence-corrected chi connectivity index (χ1v) is 6.94. The highest BCUT2D eigenvalue weighted by atomic mass is 32.2. The van der Waals surface area contributed by atoms with E-state index < -0.39 is 10.2 Å². The molecule has 0 bridgehead atoms. The highest BCUT2D eigenvalue weighted by Gasteiger charge is 2.31. The third-order valence-corrected chi connectivity index (χ3v) is 3.73. The minimum Gasteiger partial charge on any atom is -0.309 e. The van der Waals surface area contributed by atoms with Gasteiger partial charge in [-0.05, 0) is 0 Å². The molecule has 0 spiro atoms. The van der Waals surface area contributed by atoms with Crippen molar-refractivity contribution < 1.29 is 13.2 Å². The van der Waals surface area contributed by atoms with Crippen LogP contribution < -0.4 is 10.5 Å². The van der Waals surface area contributed by atoms with Gasteiger partial charge in [-0.3, -0.25) is 9.89 Å². The molecule has 1 aliphatic heterocycles. The lowest BCUT2D eigenvalue weighted by Gasteiger charge is -2.11. The van der Waals surface area contributed by atoms with Crippen molar-refractivity contribution in [3.8, 4) is 0 Å². The number of hydrogen-bond donors (Lipinski definition) is 3. The Morgan fingerprint density at radius 3 is 2.72 bits per heavy atom. The van der Waals surface area contributed by atoms with Crippen LogP contribution >= 0.6 is 0 Å². The Morgan fingerprint density at radius 1 is 1.50 bits per heavy atom. The Balaban J connectivity index is 2.19. The van der Waals surface area contributed by atoms with E-state index >= 15 is 0 Å². The number of carbonyl (C=O) groups is 1. The predicted molar refractivity (Wildman–Crippen MR) is 64.4 cm³/mol. The number of fused-ring (bicyclic) bond motifs is 1. The van der Waals surface area contributed by atoms with Gasteiger partial charge in [-0.25, -0.2) is 5.14 Å². The minimum absolute atomic E-state index is 0.123. The fourth-order valence-electron chi connectivity index (χ4n) is 1.66. The first-order valence-electron chi connectivity index (χ1n) is 5.44. The summed E-state index contributed by atoms with van der Waals surface area (Å²) in [6, 6.07) is 0. The number of nitrogens with two attached hydrogens (primary N) is 1. The average Bonchev–Trinajstić information content (AvgIpc) is 2.78. The highest BCUT2D eigenvalue weighted by molar-refractivity contribution is 7.86. The third kappa shape index (κ3) is 2.37. The van der Waals surface area contributed by atoms with Gasteiger partial charge in [0.2, 0.25) is 5.91 Å². The van der Waals surface area contributed by atoms with Gasteiger partial charge in [0, 0.05) is 18.0 Å². The Morgan fingerprint density at radius 2 is 2.17 bits per heavy atom. The van der Waals surface area contributed by atoms with Gasteiger partial charge in [-0.1, -0.05) is 13.8 Å². The normalized spacial score (nSPS) is 16.0. The van der Waals surface area contributed by atoms with Crippen molar-refractivity contribution >= 4 is 21.9 Å². The van der Waals surface area contributed by atoms with E-state index in [2.05, 4.69) is 15.5 Å². The first kappa shape index (κ1) is 13.0. The smallest absolute Gasteiger partial charge is 0.277 e. The molecule has 1 amide bonds. The largest absolute Gasteiger partial charge is 0.309 e. The number of amides is 1. The van der Waals surface area contributed by atoms with Gasteiger partial charge in [-0.2, -0.15) is 17.8 Å². The van der Waals surface area contributed by atoms with Crippen molar-refractivity contribution in [3.05, 3.63) is 11.3 Å². The second-order valence-electron chi connectivity index (χ2n) is 4.49. The van der Waals surface area contributed by atoms with Crippen LogP contribution in [0.2, 0.25) is 0 Å². The molecule has 18 heavy (non-hydrogen) atoms. The minimum atomic E-state index is -3.73. The van der Waals surface area contributed by atoms with Crippen LogP contribution in [-0.4, -0.2) is 28.8 Å². The lowest BCUT2D eigenvalue weighted by atomic mass is 10.2. The van der Waals surface area contributed by atoms with E-state index in [0.717, 1.165) is 4.31 Å². The zero-order valence-electron chi connectivity index (χ0n) is 10.1. The van der Waals surface area contributed by atoms with Gasteiger partial charge in [0.1, 0.15) is 0 Å². The number of H-pyrrole nitrogens is 1. The molecule has 0 aromatic carbocycles. The molecule has 0 saturated heterocycles. The van der Waals surface area contributed by atoms with E-state index in [1.54, 1.807) is 13.8 Å². The van der Waals surface area contributed by atoms with Crippen LogP contribution in [0.15, 0.2) is 0 Å². The molecule has 0 saturated carbocycles. The third-order valence-electron chi connectivity index (χ3n) is 2.75. The molecule has 1 aliphatic rings. The summed E-state index contributed by atoms with van der Waals surface area (Å²) in [5.41, 5.74) is 1.32. The molecule has 2 rings (SSSR count). The summed E-state index contributed by atoms with van der Waals surface area (Å²) >= 11 is 0. The maximum atomic E-state index is 11.6. The first-order chi connectivity index (χ1) is 8.29. The van der Waals surface area contributed by atoms with Crippen molar-refractivity contribution in [2.75, 3.05) is 5.32 Å². The molecular weight excluding hydrogens is 258 g/mol. The van der Waals surface area contributed by atoms with Crippen molar-refractivity contribution in [1.82, 2.24) is 14.5 Å². The molecule has 0 fully saturated rings. The van der Waals surface area contributed by atoms with E-state index in [0.29, 0.717) is 17.1 Å². The Labute approximate surface area is 105 Å². The van der Waals surface area contributed by atoms with Crippen LogP contribution in [0.4, 0.5) is 5.82 Å². The Bertz CT molecular complexity index is 577. The summed E-state index contributed by atoms with van der Waals surface area (Å²) in [6.07, 6.45) is 0.